The third-order valence-corrected chi connectivity index (χ3v) is 10.1. The number of carbonyl (C=O) groups excluding carboxylic acids is 1. The van der Waals surface area contributed by atoms with Crippen LogP contribution in [0, 0.1) is 43.4 Å². The molecular weight excluding hydrogens is 476 g/mol. The summed E-state index contributed by atoms with van der Waals surface area (Å²) in [7, 11) is 6.65. The fourth-order valence-electron chi connectivity index (χ4n) is 7.83. The lowest BCUT2D eigenvalue weighted by Crippen LogP contribution is -2.54. The molecule has 4 atom stereocenters. The van der Waals surface area contributed by atoms with E-state index >= 15 is 0 Å². The zero-order valence-corrected chi connectivity index (χ0v) is 24.7. The van der Waals surface area contributed by atoms with Gasteiger partial charge in [-0.15, -0.1) is 0 Å². The van der Waals surface area contributed by atoms with Crippen molar-refractivity contribution in [2.75, 3.05) is 40.9 Å². The number of carbonyl (C=O) groups is 1. The summed E-state index contributed by atoms with van der Waals surface area (Å²) >= 11 is 0. The molecule has 0 spiro atoms. The maximum atomic E-state index is 13.8. The molecule has 1 aromatic heterocycles. The first-order valence-electron chi connectivity index (χ1n) is 15.1. The van der Waals surface area contributed by atoms with E-state index in [1.165, 1.54) is 38.6 Å². The third-order valence-electron chi connectivity index (χ3n) is 10.1. The van der Waals surface area contributed by atoms with Crippen molar-refractivity contribution < 1.29 is 9.53 Å². The van der Waals surface area contributed by atoms with Gasteiger partial charge in [0.2, 0.25) is 5.91 Å². The minimum absolute atomic E-state index is 0.0228. The Morgan fingerprint density at radius 2 is 1.71 bits per heavy atom. The van der Waals surface area contributed by atoms with Gasteiger partial charge in [0.05, 0.1) is 0 Å². The van der Waals surface area contributed by atoms with Gasteiger partial charge in [-0.25, -0.2) is 0 Å². The van der Waals surface area contributed by atoms with Crippen LogP contribution in [0.5, 0.6) is 0 Å². The molecular formula is C31H52N4O3. The van der Waals surface area contributed by atoms with E-state index in [1.54, 1.807) is 0 Å². The maximum absolute atomic E-state index is 13.8. The summed E-state index contributed by atoms with van der Waals surface area (Å²) in [6.07, 6.45) is 9.51. The van der Waals surface area contributed by atoms with Crippen LogP contribution in [0.2, 0.25) is 0 Å². The number of nitrogens with zero attached hydrogens (tertiary/aromatic N) is 2. The topological polar surface area (TPSA) is 77.7 Å². The molecule has 2 N–H and O–H groups in total. The van der Waals surface area contributed by atoms with Crippen LogP contribution in [0.4, 0.5) is 0 Å². The van der Waals surface area contributed by atoms with Crippen LogP contribution in [0.25, 0.3) is 0 Å². The highest BCUT2D eigenvalue weighted by atomic mass is 16.5. The molecule has 3 fully saturated rings. The van der Waals surface area contributed by atoms with Gasteiger partial charge in [-0.05, 0) is 122 Å². The van der Waals surface area contributed by atoms with Gasteiger partial charge in [-0.2, -0.15) is 0 Å². The van der Waals surface area contributed by atoms with Crippen molar-refractivity contribution in [1.82, 2.24) is 20.1 Å². The molecule has 0 radical (unpaired) electrons. The molecule has 0 aromatic carbocycles. The van der Waals surface area contributed by atoms with Gasteiger partial charge in [-0.1, -0.05) is 6.92 Å². The molecule has 2 aliphatic carbocycles. The maximum Gasteiger partial charge on any atom is 0.253 e. The standard InChI is InChI=1S/C31H52N4O3/c1-20-15-21(2)33-31(37)28(20)18-32-30(36)27-16-25(24-9-7-23(8-10-24)19-34(4)5)17-29(22(27)3)35(6)26-11-13-38-14-12-26/h15,22-27,29H,7-14,16-19H2,1-6H3,(H,32,36)(H,33,37). The summed E-state index contributed by atoms with van der Waals surface area (Å²) in [5, 5.41) is 3.19. The molecule has 7 heteroatoms. The van der Waals surface area contributed by atoms with Crippen molar-refractivity contribution >= 4 is 5.91 Å². The Kier molecular flexibility index (Phi) is 10.1. The normalized spacial score (nSPS) is 31.1. The monoisotopic (exact) mass is 528 g/mol. The molecule has 2 saturated carbocycles. The van der Waals surface area contributed by atoms with Gasteiger partial charge >= 0.3 is 0 Å². The number of pyridine rings is 1. The van der Waals surface area contributed by atoms with Gasteiger partial charge < -0.3 is 19.9 Å². The minimum atomic E-state index is -0.0935. The number of aromatic amines is 1. The van der Waals surface area contributed by atoms with Crippen molar-refractivity contribution in [3.8, 4) is 0 Å². The number of hydrogen-bond acceptors (Lipinski definition) is 5. The molecule has 1 amide bonds. The highest BCUT2D eigenvalue weighted by molar-refractivity contribution is 5.79. The Morgan fingerprint density at radius 1 is 1.03 bits per heavy atom. The van der Waals surface area contributed by atoms with E-state index < -0.39 is 0 Å². The van der Waals surface area contributed by atoms with E-state index in [9.17, 15) is 9.59 Å². The average Bonchev–Trinajstić information content (AvgIpc) is 2.88. The minimum Gasteiger partial charge on any atom is -0.381 e. The first-order chi connectivity index (χ1) is 18.1. The van der Waals surface area contributed by atoms with Crippen LogP contribution in [0.15, 0.2) is 10.9 Å². The third kappa shape index (κ3) is 7.08. The van der Waals surface area contributed by atoms with E-state index in [4.69, 9.17) is 4.74 Å². The van der Waals surface area contributed by atoms with Crippen LogP contribution >= 0.6 is 0 Å². The van der Waals surface area contributed by atoms with Crippen molar-refractivity contribution in [3.05, 3.63) is 33.2 Å². The summed E-state index contributed by atoms with van der Waals surface area (Å²) in [5.74, 6) is 2.47. The zero-order chi connectivity index (χ0) is 27.4. The highest BCUT2D eigenvalue weighted by Crippen LogP contribution is 2.45. The molecule has 7 nitrogen and oxygen atoms in total. The second-order valence-corrected chi connectivity index (χ2v) is 13.0. The number of nitrogens with one attached hydrogen (secondary N) is 2. The number of aryl methyl sites for hydroxylation is 2. The number of amides is 1. The average molecular weight is 529 g/mol. The Balaban J connectivity index is 1.48. The lowest BCUT2D eigenvalue weighted by atomic mass is 9.63. The van der Waals surface area contributed by atoms with Crippen LogP contribution in [-0.4, -0.2) is 73.7 Å². The SMILES string of the molecule is Cc1cc(C)c(CNC(=O)C2CC(C3CCC(CN(C)C)CC3)CC(N(C)C3CCOCC3)C2C)c(=O)[nH]1. The second-order valence-electron chi connectivity index (χ2n) is 13.0. The van der Waals surface area contributed by atoms with Crippen LogP contribution in [0.3, 0.4) is 0 Å². The second kappa shape index (κ2) is 13.1. The van der Waals surface area contributed by atoms with Crippen molar-refractivity contribution in [2.45, 2.75) is 90.8 Å². The molecule has 38 heavy (non-hydrogen) atoms. The Bertz CT molecular complexity index is 978. The first-order valence-corrected chi connectivity index (χ1v) is 15.1. The van der Waals surface area contributed by atoms with Crippen LogP contribution in [-0.2, 0) is 16.1 Å². The van der Waals surface area contributed by atoms with E-state index in [0.29, 0.717) is 36.0 Å². The zero-order valence-electron chi connectivity index (χ0n) is 24.7. The molecule has 0 bridgehead atoms. The van der Waals surface area contributed by atoms with Gasteiger partial charge in [0.25, 0.3) is 5.56 Å². The van der Waals surface area contributed by atoms with Gasteiger partial charge in [-0.3, -0.25) is 14.5 Å². The number of ether oxygens (including phenoxy) is 1. The van der Waals surface area contributed by atoms with Crippen molar-refractivity contribution in [2.24, 2.45) is 29.6 Å². The van der Waals surface area contributed by atoms with Crippen molar-refractivity contribution in [3.63, 3.8) is 0 Å². The van der Waals surface area contributed by atoms with E-state index in [1.807, 2.05) is 19.9 Å². The molecule has 2 heterocycles. The smallest absolute Gasteiger partial charge is 0.253 e. The summed E-state index contributed by atoms with van der Waals surface area (Å²) in [6.45, 7) is 9.29. The van der Waals surface area contributed by atoms with E-state index in [-0.39, 0.29) is 23.3 Å². The highest BCUT2D eigenvalue weighted by Gasteiger charge is 2.44. The predicted molar refractivity (Wildman–Crippen MR) is 153 cm³/mol. The molecule has 1 aliphatic heterocycles. The predicted octanol–water partition coefficient (Wildman–Crippen LogP) is 4.12. The summed E-state index contributed by atoms with van der Waals surface area (Å²) in [4.78, 5) is 34.1. The summed E-state index contributed by atoms with van der Waals surface area (Å²) in [5.41, 5.74) is 2.36. The largest absolute Gasteiger partial charge is 0.381 e. The molecule has 1 saturated heterocycles. The van der Waals surface area contributed by atoms with Crippen molar-refractivity contribution in [1.29, 1.82) is 0 Å². The van der Waals surface area contributed by atoms with E-state index in [2.05, 4.69) is 48.2 Å². The van der Waals surface area contributed by atoms with Gasteiger partial charge in [0.1, 0.15) is 0 Å². The Morgan fingerprint density at radius 3 is 2.34 bits per heavy atom. The molecule has 214 valence electrons. The quantitative estimate of drug-likeness (QED) is 0.531. The lowest BCUT2D eigenvalue weighted by molar-refractivity contribution is -0.131. The fourth-order valence-corrected chi connectivity index (χ4v) is 7.83. The summed E-state index contributed by atoms with van der Waals surface area (Å²) in [6, 6.07) is 2.91. The fraction of sp³-hybridized carbons (Fsp3) is 0.806. The van der Waals surface area contributed by atoms with Gasteiger partial charge in [0.15, 0.2) is 0 Å². The molecule has 3 aliphatic rings. The Hall–Kier alpha value is -1.70. The number of aromatic nitrogens is 1. The first kappa shape index (κ1) is 29.3. The molecule has 1 aromatic rings. The number of rotatable bonds is 8. The van der Waals surface area contributed by atoms with Crippen LogP contribution < -0.4 is 10.9 Å². The van der Waals surface area contributed by atoms with Crippen LogP contribution in [0.1, 0.15) is 75.1 Å². The number of hydrogen-bond donors (Lipinski definition) is 2. The number of H-pyrrole nitrogens is 1. The van der Waals surface area contributed by atoms with Gasteiger partial charge in [0, 0.05) is 55.6 Å². The lowest BCUT2D eigenvalue weighted by Gasteiger charge is -2.49. The molecule has 4 rings (SSSR count). The summed E-state index contributed by atoms with van der Waals surface area (Å²) < 4.78 is 5.66. The molecule has 4 unspecified atom stereocenters. The van der Waals surface area contributed by atoms with E-state index in [0.717, 1.165) is 49.7 Å². The Labute approximate surface area is 230 Å².